The highest BCUT2D eigenvalue weighted by atomic mass is 19.1. The molecule has 1 fully saturated rings. The predicted molar refractivity (Wildman–Crippen MR) is 55.4 cm³/mol. The van der Waals surface area contributed by atoms with Crippen LogP contribution in [0.15, 0.2) is 18.2 Å². The normalized spacial score (nSPS) is 19.1. The average Bonchev–Trinajstić information content (AvgIpc) is 2.06. The van der Waals surface area contributed by atoms with Crippen molar-refractivity contribution in [2.45, 2.75) is 32.2 Å². The van der Waals surface area contributed by atoms with Crippen molar-refractivity contribution in [2.24, 2.45) is 11.7 Å². The summed E-state index contributed by atoms with van der Waals surface area (Å²) in [5.74, 6) is 0.385. The topological polar surface area (TPSA) is 26.0 Å². The Labute approximate surface area is 84.1 Å². The van der Waals surface area contributed by atoms with Gasteiger partial charge in [-0.2, -0.15) is 0 Å². The number of aryl methyl sites for hydroxylation is 1. The van der Waals surface area contributed by atoms with Crippen LogP contribution in [-0.2, 0) is 0 Å². The summed E-state index contributed by atoms with van der Waals surface area (Å²) in [7, 11) is 0. The van der Waals surface area contributed by atoms with E-state index in [-0.39, 0.29) is 11.9 Å². The van der Waals surface area contributed by atoms with E-state index in [0.29, 0.717) is 5.92 Å². The molecule has 1 aromatic carbocycles. The van der Waals surface area contributed by atoms with E-state index in [1.54, 1.807) is 6.07 Å². The van der Waals surface area contributed by atoms with Crippen LogP contribution < -0.4 is 5.73 Å². The molecule has 0 aliphatic heterocycles. The first-order valence-corrected chi connectivity index (χ1v) is 5.20. The highest BCUT2D eigenvalue weighted by Crippen LogP contribution is 2.37. The molecule has 0 radical (unpaired) electrons. The Morgan fingerprint density at radius 2 is 2.14 bits per heavy atom. The zero-order valence-electron chi connectivity index (χ0n) is 8.46. The van der Waals surface area contributed by atoms with E-state index < -0.39 is 0 Å². The predicted octanol–water partition coefficient (Wildman–Crippen LogP) is 2.93. The van der Waals surface area contributed by atoms with E-state index in [1.807, 2.05) is 13.0 Å². The maximum atomic E-state index is 13.0. The zero-order valence-corrected chi connectivity index (χ0v) is 8.46. The van der Waals surface area contributed by atoms with Crippen LogP contribution in [0.1, 0.15) is 36.4 Å². The van der Waals surface area contributed by atoms with Gasteiger partial charge in [0.2, 0.25) is 0 Å². The number of nitrogens with two attached hydrogens (primary N) is 1. The third-order valence-corrected chi connectivity index (χ3v) is 3.26. The number of halogens is 1. The van der Waals surface area contributed by atoms with E-state index >= 15 is 0 Å². The van der Waals surface area contributed by atoms with Crippen molar-refractivity contribution in [3.8, 4) is 0 Å². The number of hydrogen-bond acceptors (Lipinski definition) is 1. The lowest BCUT2D eigenvalue weighted by Crippen LogP contribution is -2.27. The third-order valence-electron chi connectivity index (χ3n) is 3.26. The van der Waals surface area contributed by atoms with E-state index in [1.165, 1.54) is 25.3 Å². The van der Waals surface area contributed by atoms with Gasteiger partial charge < -0.3 is 5.73 Å². The summed E-state index contributed by atoms with van der Waals surface area (Å²) in [5.41, 5.74) is 8.19. The molecule has 0 heterocycles. The Morgan fingerprint density at radius 3 is 2.71 bits per heavy atom. The summed E-state index contributed by atoms with van der Waals surface area (Å²) in [6, 6.07) is 4.91. The van der Waals surface area contributed by atoms with Gasteiger partial charge in [-0.05, 0) is 48.9 Å². The number of rotatable bonds is 2. The van der Waals surface area contributed by atoms with E-state index in [0.717, 1.165) is 11.1 Å². The van der Waals surface area contributed by atoms with Crippen LogP contribution >= 0.6 is 0 Å². The van der Waals surface area contributed by atoms with Gasteiger partial charge in [0.25, 0.3) is 0 Å². The van der Waals surface area contributed by atoms with Gasteiger partial charge in [0.05, 0.1) is 0 Å². The molecule has 1 atom stereocenters. The molecule has 0 spiro atoms. The second-order valence-electron chi connectivity index (χ2n) is 4.22. The van der Waals surface area contributed by atoms with Crippen molar-refractivity contribution >= 4 is 0 Å². The molecular formula is C12H16FN. The molecule has 76 valence electrons. The van der Waals surface area contributed by atoms with E-state index in [9.17, 15) is 4.39 Å². The molecule has 14 heavy (non-hydrogen) atoms. The van der Waals surface area contributed by atoms with E-state index in [2.05, 4.69) is 0 Å². The molecule has 1 aliphatic rings. The second kappa shape index (κ2) is 3.70. The molecule has 0 saturated heterocycles. The smallest absolute Gasteiger partial charge is 0.123 e. The van der Waals surface area contributed by atoms with Crippen molar-refractivity contribution in [2.75, 3.05) is 0 Å². The SMILES string of the molecule is Cc1ccc(F)cc1[C@@H](N)C1CCC1. The lowest BCUT2D eigenvalue weighted by molar-refractivity contribution is 0.263. The highest BCUT2D eigenvalue weighted by molar-refractivity contribution is 5.30. The fourth-order valence-electron chi connectivity index (χ4n) is 2.02. The molecule has 1 aromatic rings. The van der Waals surface area contributed by atoms with Crippen LogP contribution in [0.4, 0.5) is 4.39 Å². The molecule has 0 aromatic heterocycles. The van der Waals surface area contributed by atoms with Gasteiger partial charge in [-0.15, -0.1) is 0 Å². The molecule has 1 nitrogen and oxygen atoms in total. The monoisotopic (exact) mass is 193 g/mol. The Kier molecular flexibility index (Phi) is 2.55. The molecule has 0 bridgehead atoms. The Hall–Kier alpha value is -0.890. The summed E-state index contributed by atoms with van der Waals surface area (Å²) in [4.78, 5) is 0. The van der Waals surface area contributed by atoms with Gasteiger partial charge in [0.1, 0.15) is 5.82 Å². The standard InChI is InChI=1S/C12H16FN/c1-8-5-6-10(13)7-11(8)12(14)9-3-2-4-9/h5-7,9,12H,2-4,14H2,1H3/t12-/m0/s1. The van der Waals surface area contributed by atoms with Gasteiger partial charge in [0, 0.05) is 6.04 Å². The number of benzene rings is 1. The van der Waals surface area contributed by atoms with Crippen molar-refractivity contribution in [3.05, 3.63) is 35.1 Å². The van der Waals surface area contributed by atoms with Crippen LogP contribution in [0.2, 0.25) is 0 Å². The molecule has 1 saturated carbocycles. The fraction of sp³-hybridized carbons (Fsp3) is 0.500. The highest BCUT2D eigenvalue weighted by Gasteiger charge is 2.26. The first kappa shape index (κ1) is 9.66. The lowest BCUT2D eigenvalue weighted by Gasteiger charge is -2.32. The Balaban J connectivity index is 2.24. The third kappa shape index (κ3) is 1.67. The van der Waals surface area contributed by atoms with Gasteiger partial charge in [0.15, 0.2) is 0 Å². The second-order valence-corrected chi connectivity index (χ2v) is 4.22. The van der Waals surface area contributed by atoms with Gasteiger partial charge in [-0.1, -0.05) is 12.5 Å². The minimum Gasteiger partial charge on any atom is -0.324 e. The van der Waals surface area contributed by atoms with Crippen molar-refractivity contribution in [3.63, 3.8) is 0 Å². The minimum absolute atomic E-state index is 0.0273. The molecule has 2 N–H and O–H groups in total. The van der Waals surface area contributed by atoms with Crippen molar-refractivity contribution in [1.82, 2.24) is 0 Å². The maximum absolute atomic E-state index is 13.0. The fourth-order valence-corrected chi connectivity index (χ4v) is 2.02. The van der Waals surface area contributed by atoms with Crippen LogP contribution in [0, 0.1) is 18.7 Å². The van der Waals surface area contributed by atoms with Gasteiger partial charge in [-0.3, -0.25) is 0 Å². The van der Waals surface area contributed by atoms with Crippen LogP contribution in [-0.4, -0.2) is 0 Å². The first-order chi connectivity index (χ1) is 6.68. The molecule has 2 rings (SSSR count). The Morgan fingerprint density at radius 1 is 1.43 bits per heavy atom. The first-order valence-electron chi connectivity index (χ1n) is 5.20. The molecule has 0 amide bonds. The van der Waals surface area contributed by atoms with Crippen molar-refractivity contribution < 1.29 is 4.39 Å². The van der Waals surface area contributed by atoms with E-state index in [4.69, 9.17) is 5.73 Å². The maximum Gasteiger partial charge on any atom is 0.123 e. The van der Waals surface area contributed by atoms with Crippen LogP contribution in [0.3, 0.4) is 0 Å². The quantitative estimate of drug-likeness (QED) is 0.767. The van der Waals surface area contributed by atoms with Crippen LogP contribution in [0.25, 0.3) is 0 Å². The largest absolute Gasteiger partial charge is 0.324 e. The summed E-state index contributed by atoms with van der Waals surface area (Å²) in [6.45, 7) is 1.99. The summed E-state index contributed by atoms with van der Waals surface area (Å²) in [5, 5.41) is 0. The summed E-state index contributed by atoms with van der Waals surface area (Å²) >= 11 is 0. The van der Waals surface area contributed by atoms with Crippen molar-refractivity contribution in [1.29, 1.82) is 0 Å². The molecule has 2 heteroatoms. The molecule has 0 unspecified atom stereocenters. The Bertz CT molecular complexity index is 331. The zero-order chi connectivity index (χ0) is 10.1. The van der Waals surface area contributed by atoms with Gasteiger partial charge >= 0.3 is 0 Å². The molecular weight excluding hydrogens is 177 g/mol. The lowest BCUT2D eigenvalue weighted by atomic mass is 9.77. The number of hydrogen-bond donors (Lipinski definition) is 1. The summed E-state index contributed by atoms with van der Waals surface area (Å²) in [6.07, 6.45) is 3.65. The average molecular weight is 193 g/mol. The van der Waals surface area contributed by atoms with Gasteiger partial charge in [-0.25, -0.2) is 4.39 Å². The van der Waals surface area contributed by atoms with Crippen LogP contribution in [0.5, 0.6) is 0 Å². The summed E-state index contributed by atoms with van der Waals surface area (Å²) < 4.78 is 13.0. The molecule has 1 aliphatic carbocycles. The minimum atomic E-state index is -0.180.